The van der Waals surface area contributed by atoms with Gasteiger partial charge in [0.25, 0.3) is 0 Å². The molecule has 0 saturated heterocycles. The molecule has 3 N–H and O–H groups in total. The van der Waals surface area contributed by atoms with Crippen LogP contribution in [0.3, 0.4) is 0 Å². The lowest BCUT2D eigenvalue weighted by molar-refractivity contribution is 0.0956. The minimum atomic E-state index is -1.04. The fraction of sp³-hybridized carbons (Fsp3) is 0.278. The van der Waals surface area contributed by atoms with Crippen LogP contribution in [0.1, 0.15) is 26.3 Å². The van der Waals surface area contributed by atoms with Crippen LogP contribution in [0.5, 0.6) is 11.5 Å². The first-order chi connectivity index (χ1) is 11.6. The van der Waals surface area contributed by atoms with E-state index in [2.05, 4.69) is 0 Å². The number of hydrogen-bond donors (Lipinski definition) is 2. The van der Waals surface area contributed by atoms with E-state index >= 15 is 0 Å². The molecular weight excluding hydrogens is 347 g/mol. The highest BCUT2D eigenvalue weighted by Crippen LogP contribution is 2.29. The van der Waals surface area contributed by atoms with Crippen LogP contribution in [0, 0.1) is 5.82 Å². The smallest absolute Gasteiger partial charge is 0.408 e. The molecule has 7 heteroatoms. The molecule has 0 atom stereocenters. The summed E-state index contributed by atoms with van der Waals surface area (Å²) < 4.78 is 19.1. The molecule has 0 aliphatic rings. The van der Waals surface area contributed by atoms with Crippen LogP contribution in [0.2, 0.25) is 5.02 Å². The molecule has 1 amide bonds. The van der Waals surface area contributed by atoms with Gasteiger partial charge >= 0.3 is 6.09 Å². The zero-order chi connectivity index (χ0) is 18.8. The average Bonchev–Trinajstić information content (AvgIpc) is 2.49. The van der Waals surface area contributed by atoms with Gasteiger partial charge in [-0.2, -0.15) is 0 Å². The van der Waals surface area contributed by atoms with Crippen molar-refractivity contribution in [2.75, 3.05) is 5.73 Å². The van der Waals surface area contributed by atoms with Crippen LogP contribution in [0.25, 0.3) is 0 Å². The second kappa shape index (κ2) is 7.19. The largest absolute Gasteiger partial charge is 0.465 e. The summed E-state index contributed by atoms with van der Waals surface area (Å²) in [7, 11) is 0. The lowest BCUT2D eigenvalue weighted by Gasteiger charge is -2.33. The Labute approximate surface area is 150 Å². The van der Waals surface area contributed by atoms with Crippen molar-refractivity contribution < 1.29 is 19.0 Å². The van der Waals surface area contributed by atoms with E-state index in [1.54, 1.807) is 45.0 Å². The highest BCUT2D eigenvalue weighted by atomic mass is 35.5. The Kier molecular flexibility index (Phi) is 5.42. The third kappa shape index (κ3) is 4.76. The van der Waals surface area contributed by atoms with E-state index in [1.807, 2.05) is 0 Å². The Balaban J connectivity index is 2.27. The number of hydrogen-bond acceptors (Lipinski definition) is 3. The van der Waals surface area contributed by atoms with E-state index in [0.717, 1.165) is 0 Å². The maximum atomic E-state index is 13.5. The van der Waals surface area contributed by atoms with E-state index in [1.165, 1.54) is 17.0 Å². The minimum absolute atomic E-state index is 0.00706. The van der Waals surface area contributed by atoms with E-state index in [0.29, 0.717) is 17.0 Å². The molecule has 2 aromatic rings. The summed E-state index contributed by atoms with van der Waals surface area (Å²) in [4.78, 5) is 12.8. The number of ether oxygens (including phenoxy) is 1. The highest BCUT2D eigenvalue weighted by molar-refractivity contribution is 6.30. The molecule has 2 rings (SSSR count). The third-order valence-electron chi connectivity index (χ3n) is 3.61. The summed E-state index contributed by atoms with van der Waals surface area (Å²) in [6.07, 6.45) is -1.04. The summed E-state index contributed by atoms with van der Waals surface area (Å²) in [6, 6.07) is 9.02. The van der Waals surface area contributed by atoms with Gasteiger partial charge in [-0.05, 0) is 56.7 Å². The van der Waals surface area contributed by atoms with Gasteiger partial charge in [-0.25, -0.2) is 9.18 Å². The van der Waals surface area contributed by atoms with Gasteiger partial charge in [0.2, 0.25) is 0 Å². The fourth-order valence-corrected chi connectivity index (χ4v) is 2.34. The maximum absolute atomic E-state index is 13.5. The summed E-state index contributed by atoms with van der Waals surface area (Å²) >= 11 is 5.65. The van der Waals surface area contributed by atoms with Crippen LogP contribution < -0.4 is 10.5 Å². The molecule has 0 aliphatic carbocycles. The third-order valence-corrected chi connectivity index (χ3v) is 3.92. The van der Waals surface area contributed by atoms with Crippen molar-refractivity contribution in [3.05, 3.63) is 52.8 Å². The quantitative estimate of drug-likeness (QED) is 0.735. The van der Waals surface area contributed by atoms with Gasteiger partial charge in [0.1, 0.15) is 17.3 Å². The van der Waals surface area contributed by atoms with Crippen molar-refractivity contribution in [3.8, 4) is 11.5 Å². The number of amides is 1. The average molecular weight is 367 g/mol. The van der Waals surface area contributed by atoms with Gasteiger partial charge in [0.15, 0.2) is 0 Å². The summed E-state index contributed by atoms with van der Waals surface area (Å²) in [5.41, 5.74) is 6.43. The van der Waals surface area contributed by atoms with Crippen LogP contribution in [-0.4, -0.2) is 21.6 Å². The number of nitrogen functional groups attached to an aromatic ring is 1. The predicted octanol–water partition coefficient (Wildman–Crippen LogP) is 5.13. The van der Waals surface area contributed by atoms with Gasteiger partial charge < -0.3 is 15.6 Å². The number of nitrogens with zero attached hydrogens (tertiary/aromatic N) is 1. The zero-order valence-corrected chi connectivity index (χ0v) is 15.0. The van der Waals surface area contributed by atoms with Crippen molar-refractivity contribution in [2.45, 2.75) is 32.9 Å². The van der Waals surface area contributed by atoms with E-state index in [4.69, 9.17) is 22.1 Å². The summed E-state index contributed by atoms with van der Waals surface area (Å²) in [6.45, 7) is 5.51. The monoisotopic (exact) mass is 366 g/mol. The van der Waals surface area contributed by atoms with Crippen molar-refractivity contribution in [1.82, 2.24) is 4.90 Å². The van der Waals surface area contributed by atoms with Gasteiger partial charge in [-0.3, -0.25) is 4.90 Å². The van der Waals surface area contributed by atoms with Crippen LogP contribution in [-0.2, 0) is 6.54 Å². The number of carbonyl (C=O) groups is 1. The lowest BCUT2D eigenvalue weighted by Crippen LogP contribution is -2.44. The van der Waals surface area contributed by atoms with Crippen LogP contribution >= 0.6 is 11.6 Å². The van der Waals surface area contributed by atoms with Crippen molar-refractivity contribution in [1.29, 1.82) is 0 Å². The summed E-state index contributed by atoms with van der Waals surface area (Å²) in [5.74, 6) is 0.119. The standard InChI is InChI=1S/C18H20ClFN2O3/c1-18(2,3)22(17(23)24)10-11-8-12(5-7-16(11)21)25-13-4-6-14(19)15(20)9-13/h4-9H,10,21H2,1-3H3,(H,23,24). The summed E-state index contributed by atoms with van der Waals surface area (Å²) in [5, 5.41) is 9.43. The second-order valence-corrected chi connectivity index (χ2v) is 6.99. The van der Waals surface area contributed by atoms with E-state index in [-0.39, 0.29) is 17.3 Å². The molecule has 0 radical (unpaired) electrons. The lowest BCUT2D eigenvalue weighted by atomic mass is 10.0. The van der Waals surface area contributed by atoms with E-state index < -0.39 is 17.4 Å². The molecule has 0 fully saturated rings. The Hall–Kier alpha value is -2.47. The van der Waals surface area contributed by atoms with E-state index in [9.17, 15) is 14.3 Å². The Morgan fingerprint density at radius 1 is 1.24 bits per heavy atom. The molecule has 5 nitrogen and oxygen atoms in total. The Bertz CT molecular complexity index is 790. The second-order valence-electron chi connectivity index (χ2n) is 6.58. The molecule has 0 saturated carbocycles. The minimum Gasteiger partial charge on any atom is -0.465 e. The molecule has 0 spiro atoms. The highest BCUT2D eigenvalue weighted by Gasteiger charge is 2.26. The number of nitrogens with two attached hydrogens (primary N) is 1. The van der Waals surface area contributed by atoms with Crippen molar-refractivity contribution in [2.24, 2.45) is 0 Å². The van der Waals surface area contributed by atoms with Gasteiger partial charge in [-0.1, -0.05) is 11.6 Å². The maximum Gasteiger partial charge on any atom is 0.408 e. The molecule has 0 aliphatic heterocycles. The number of halogens is 2. The van der Waals surface area contributed by atoms with Gasteiger partial charge in [0.05, 0.1) is 11.6 Å². The predicted molar refractivity (Wildman–Crippen MR) is 95.7 cm³/mol. The first kappa shape index (κ1) is 18.9. The molecule has 0 bridgehead atoms. The fourth-order valence-electron chi connectivity index (χ4n) is 2.22. The topological polar surface area (TPSA) is 75.8 Å². The SMILES string of the molecule is CC(C)(C)N(Cc1cc(Oc2ccc(Cl)c(F)c2)ccc1N)C(=O)O. The molecule has 25 heavy (non-hydrogen) atoms. The molecule has 2 aromatic carbocycles. The number of carboxylic acid groups (broad SMARTS) is 1. The van der Waals surface area contributed by atoms with Crippen molar-refractivity contribution in [3.63, 3.8) is 0 Å². The Morgan fingerprint density at radius 2 is 1.84 bits per heavy atom. The van der Waals surface area contributed by atoms with Crippen molar-refractivity contribution >= 4 is 23.4 Å². The molecule has 0 heterocycles. The molecule has 0 unspecified atom stereocenters. The first-order valence-electron chi connectivity index (χ1n) is 7.60. The number of benzene rings is 2. The van der Waals surface area contributed by atoms with Crippen LogP contribution in [0.15, 0.2) is 36.4 Å². The molecule has 134 valence electrons. The van der Waals surface area contributed by atoms with Crippen LogP contribution in [0.4, 0.5) is 14.9 Å². The molecular formula is C18H20ClFN2O3. The normalized spacial score (nSPS) is 11.2. The number of anilines is 1. The number of rotatable bonds is 4. The zero-order valence-electron chi connectivity index (χ0n) is 14.2. The van der Waals surface area contributed by atoms with Gasteiger partial charge in [0, 0.05) is 17.3 Å². The molecule has 0 aromatic heterocycles. The Morgan fingerprint density at radius 3 is 2.40 bits per heavy atom. The first-order valence-corrected chi connectivity index (χ1v) is 7.97. The van der Waals surface area contributed by atoms with Gasteiger partial charge in [-0.15, -0.1) is 0 Å².